The van der Waals surface area contributed by atoms with Crippen molar-refractivity contribution in [1.29, 1.82) is 0 Å². The van der Waals surface area contributed by atoms with Crippen LogP contribution in [-0.4, -0.2) is 21.8 Å². The normalized spacial score (nSPS) is 19.5. The zero-order chi connectivity index (χ0) is 18.2. The standard InChI is InChI=1S/C20H24N4O2/c25-19(23-13-17-5-1-3-11-21-17)15-7-9-16(10-8-15)20(26)24-14-18-6-2-4-12-22-18/h1-6,11-12,15-16H,7-10,13-14H2,(H,23,25)(H,24,26). The molecule has 0 aromatic carbocycles. The second-order valence-electron chi connectivity index (χ2n) is 6.63. The molecule has 2 N–H and O–H groups in total. The number of aromatic nitrogens is 2. The molecule has 0 atom stereocenters. The quantitative estimate of drug-likeness (QED) is 0.835. The van der Waals surface area contributed by atoms with Crippen LogP contribution in [0.15, 0.2) is 48.8 Å². The van der Waals surface area contributed by atoms with Crippen LogP contribution in [0, 0.1) is 11.8 Å². The molecule has 0 aliphatic heterocycles. The van der Waals surface area contributed by atoms with E-state index in [1.54, 1.807) is 12.4 Å². The summed E-state index contributed by atoms with van der Waals surface area (Å²) in [5, 5.41) is 5.90. The molecule has 1 aliphatic rings. The number of amides is 2. The molecule has 0 saturated heterocycles. The summed E-state index contributed by atoms with van der Waals surface area (Å²) in [5.41, 5.74) is 1.70. The fraction of sp³-hybridized carbons (Fsp3) is 0.400. The minimum Gasteiger partial charge on any atom is -0.350 e. The first kappa shape index (κ1) is 18.0. The summed E-state index contributed by atoms with van der Waals surface area (Å²) in [7, 11) is 0. The van der Waals surface area contributed by atoms with Gasteiger partial charge in [-0.15, -0.1) is 0 Å². The Kier molecular flexibility index (Phi) is 6.30. The molecule has 0 radical (unpaired) electrons. The minimum absolute atomic E-state index is 0.0152. The molecule has 0 spiro atoms. The van der Waals surface area contributed by atoms with E-state index in [-0.39, 0.29) is 23.7 Å². The highest BCUT2D eigenvalue weighted by Gasteiger charge is 2.29. The molecule has 0 bridgehead atoms. The molecule has 3 rings (SSSR count). The topological polar surface area (TPSA) is 84.0 Å². The predicted molar refractivity (Wildman–Crippen MR) is 97.6 cm³/mol. The molecular formula is C20H24N4O2. The van der Waals surface area contributed by atoms with Gasteiger partial charge in [-0.25, -0.2) is 0 Å². The summed E-state index contributed by atoms with van der Waals surface area (Å²) in [4.78, 5) is 33.0. The van der Waals surface area contributed by atoms with Gasteiger partial charge in [0.1, 0.15) is 0 Å². The lowest BCUT2D eigenvalue weighted by atomic mass is 9.81. The summed E-state index contributed by atoms with van der Waals surface area (Å²) in [6.07, 6.45) is 6.42. The van der Waals surface area contributed by atoms with Gasteiger partial charge >= 0.3 is 0 Å². The van der Waals surface area contributed by atoms with E-state index in [0.717, 1.165) is 37.1 Å². The van der Waals surface area contributed by atoms with Crippen LogP contribution in [0.5, 0.6) is 0 Å². The molecule has 2 aromatic heterocycles. The molecule has 2 amide bonds. The Morgan fingerprint density at radius 3 is 1.54 bits per heavy atom. The van der Waals surface area contributed by atoms with Crippen LogP contribution < -0.4 is 10.6 Å². The van der Waals surface area contributed by atoms with Crippen molar-refractivity contribution >= 4 is 11.8 Å². The third-order valence-electron chi connectivity index (χ3n) is 4.81. The van der Waals surface area contributed by atoms with E-state index in [4.69, 9.17) is 0 Å². The summed E-state index contributed by atoms with van der Waals surface area (Å²) >= 11 is 0. The number of hydrogen-bond donors (Lipinski definition) is 2. The summed E-state index contributed by atoms with van der Waals surface area (Å²) in [5.74, 6) is 0.0862. The lowest BCUT2D eigenvalue weighted by molar-refractivity contribution is -0.130. The summed E-state index contributed by atoms with van der Waals surface area (Å²) < 4.78 is 0. The summed E-state index contributed by atoms with van der Waals surface area (Å²) in [6, 6.07) is 11.3. The van der Waals surface area contributed by atoms with E-state index in [1.165, 1.54) is 0 Å². The predicted octanol–water partition coefficient (Wildman–Crippen LogP) is 2.22. The van der Waals surface area contributed by atoms with Crippen molar-refractivity contribution in [3.05, 3.63) is 60.2 Å². The Hall–Kier alpha value is -2.76. The Bertz CT molecular complexity index is 650. The van der Waals surface area contributed by atoms with Crippen LogP contribution in [0.25, 0.3) is 0 Å². The number of carbonyl (C=O) groups excluding carboxylic acids is 2. The third-order valence-corrected chi connectivity index (χ3v) is 4.81. The molecule has 0 unspecified atom stereocenters. The van der Waals surface area contributed by atoms with Gasteiger partial charge in [-0.1, -0.05) is 12.1 Å². The Morgan fingerprint density at radius 1 is 0.769 bits per heavy atom. The lowest BCUT2D eigenvalue weighted by Crippen LogP contribution is -2.37. The highest BCUT2D eigenvalue weighted by atomic mass is 16.2. The Morgan fingerprint density at radius 2 is 1.19 bits per heavy atom. The van der Waals surface area contributed by atoms with Crippen LogP contribution >= 0.6 is 0 Å². The van der Waals surface area contributed by atoms with E-state index in [2.05, 4.69) is 20.6 Å². The van der Waals surface area contributed by atoms with E-state index < -0.39 is 0 Å². The molecule has 6 nitrogen and oxygen atoms in total. The maximum absolute atomic E-state index is 12.3. The van der Waals surface area contributed by atoms with E-state index in [1.807, 2.05) is 36.4 Å². The van der Waals surface area contributed by atoms with E-state index in [0.29, 0.717) is 13.1 Å². The number of nitrogens with one attached hydrogen (secondary N) is 2. The largest absolute Gasteiger partial charge is 0.350 e. The zero-order valence-electron chi connectivity index (χ0n) is 14.7. The first-order valence-electron chi connectivity index (χ1n) is 9.07. The van der Waals surface area contributed by atoms with Crippen molar-refractivity contribution in [3.8, 4) is 0 Å². The van der Waals surface area contributed by atoms with Crippen molar-refractivity contribution in [2.24, 2.45) is 11.8 Å². The van der Waals surface area contributed by atoms with Gasteiger partial charge in [-0.3, -0.25) is 19.6 Å². The van der Waals surface area contributed by atoms with Gasteiger partial charge in [-0.2, -0.15) is 0 Å². The molecule has 136 valence electrons. The van der Waals surface area contributed by atoms with Crippen LogP contribution in [0.1, 0.15) is 37.1 Å². The van der Waals surface area contributed by atoms with Crippen LogP contribution in [0.2, 0.25) is 0 Å². The fourth-order valence-electron chi connectivity index (χ4n) is 3.27. The molecular weight excluding hydrogens is 328 g/mol. The highest BCUT2D eigenvalue weighted by molar-refractivity contribution is 5.81. The van der Waals surface area contributed by atoms with Gasteiger partial charge < -0.3 is 10.6 Å². The first-order chi connectivity index (χ1) is 12.7. The molecule has 26 heavy (non-hydrogen) atoms. The van der Waals surface area contributed by atoms with Crippen LogP contribution in [0.3, 0.4) is 0 Å². The monoisotopic (exact) mass is 352 g/mol. The number of pyridine rings is 2. The molecule has 2 heterocycles. The molecule has 1 saturated carbocycles. The second kappa shape index (κ2) is 9.08. The highest BCUT2D eigenvalue weighted by Crippen LogP contribution is 2.29. The number of hydrogen-bond acceptors (Lipinski definition) is 4. The molecule has 6 heteroatoms. The van der Waals surface area contributed by atoms with Crippen molar-refractivity contribution in [3.63, 3.8) is 0 Å². The maximum Gasteiger partial charge on any atom is 0.223 e. The Labute approximate surface area is 153 Å². The zero-order valence-corrected chi connectivity index (χ0v) is 14.7. The Balaban J connectivity index is 1.39. The van der Waals surface area contributed by atoms with E-state index >= 15 is 0 Å². The average Bonchev–Trinajstić information content (AvgIpc) is 2.72. The number of nitrogens with zero attached hydrogens (tertiary/aromatic N) is 2. The average molecular weight is 352 g/mol. The summed E-state index contributed by atoms with van der Waals surface area (Å²) in [6.45, 7) is 0.897. The number of rotatable bonds is 6. The third kappa shape index (κ3) is 5.12. The van der Waals surface area contributed by atoms with Gasteiger partial charge in [-0.05, 0) is 49.9 Å². The van der Waals surface area contributed by atoms with Gasteiger partial charge in [0, 0.05) is 24.2 Å². The maximum atomic E-state index is 12.3. The number of carbonyl (C=O) groups is 2. The minimum atomic E-state index is -0.0152. The van der Waals surface area contributed by atoms with Crippen molar-refractivity contribution in [2.75, 3.05) is 0 Å². The van der Waals surface area contributed by atoms with Crippen molar-refractivity contribution < 1.29 is 9.59 Å². The van der Waals surface area contributed by atoms with Gasteiger partial charge in [0.05, 0.1) is 24.5 Å². The van der Waals surface area contributed by atoms with Crippen LogP contribution in [0.4, 0.5) is 0 Å². The van der Waals surface area contributed by atoms with E-state index in [9.17, 15) is 9.59 Å². The molecule has 1 fully saturated rings. The fourth-order valence-corrected chi connectivity index (χ4v) is 3.27. The van der Waals surface area contributed by atoms with Gasteiger partial charge in [0.15, 0.2) is 0 Å². The lowest BCUT2D eigenvalue weighted by Gasteiger charge is -2.27. The van der Waals surface area contributed by atoms with Gasteiger partial charge in [0.25, 0.3) is 0 Å². The van der Waals surface area contributed by atoms with Crippen LogP contribution in [-0.2, 0) is 22.7 Å². The van der Waals surface area contributed by atoms with Crippen molar-refractivity contribution in [2.45, 2.75) is 38.8 Å². The van der Waals surface area contributed by atoms with Gasteiger partial charge in [0.2, 0.25) is 11.8 Å². The molecule has 2 aromatic rings. The first-order valence-corrected chi connectivity index (χ1v) is 9.07. The molecule has 1 aliphatic carbocycles. The van der Waals surface area contributed by atoms with Crippen molar-refractivity contribution in [1.82, 2.24) is 20.6 Å². The smallest absolute Gasteiger partial charge is 0.223 e. The second-order valence-corrected chi connectivity index (χ2v) is 6.63. The SMILES string of the molecule is O=C(NCc1ccccn1)C1CCC(C(=O)NCc2ccccn2)CC1.